The number of piperidine rings is 1. The average Bonchev–Trinajstić information content (AvgIpc) is 3.67. The minimum atomic E-state index is -0.486. The van der Waals surface area contributed by atoms with Crippen molar-refractivity contribution in [1.29, 1.82) is 0 Å². The van der Waals surface area contributed by atoms with Crippen LogP contribution >= 0.6 is 11.3 Å². The fraction of sp³-hybridized carbons (Fsp3) is 0.353. The van der Waals surface area contributed by atoms with Crippen LogP contribution in [-0.4, -0.2) is 50.7 Å². The van der Waals surface area contributed by atoms with Crippen molar-refractivity contribution >= 4 is 44.3 Å². The largest absolute Gasteiger partial charge is 0.490 e. The maximum absolute atomic E-state index is 13.7. The third-order valence-corrected chi connectivity index (χ3v) is 8.74. The van der Waals surface area contributed by atoms with Gasteiger partial charge in [0.15, 0.2) is 0 Å². The van der Waals surface area contributed by atoms with Gasteiger partial charge in [-0.25, -0.2) is 4.79 Å². The van der Waals surface area contributed by atoms with Crippen LogP contribution in [0.5, 0.6) is 5.75 Å². The molecule has 1 saturated heterocycles. The van der Waals surface area contributed by atoms with Crippen LogP contribution in [0.25, 0.3) is 21.1 Å². The van der Waals surface area contributed by atoms with Crippen LogP contribution in [0.4, 0.5) is 4.79 Å². The summed E-state index contributed by atoms with van der Waals surface area (Å²) >= 11 is 1.66. The molecule has 0 unspecified atom stereocenters. The molecule has 1 fully saturated rings. The highest BCUT2D eigenvalue weighted by atomic mass is 32.1. The van der Waals surface area contributed by atoms with E-state index >= 15 is 0 Å². The summed E-state index contributed by atoms with van der Waals surface area (Å²) in [7, 11) is 1.96. The van der Waals surface area contributed by atoms with Crippen molar-refractivity contribution in [3.63, 3.8) is 0 Å². The number of carbonyl (C=O) groups excluding carboxylic acids is 2. The highest BCUT2D eigenvalue weighted by Crippen LogP contribution is 2.29. The summed E-state index contributed by atoms with van der Waals surface area (Å²) in [5.74, 6) is 0.894. The van der Waals surface area contributed by atoms with E-state index in [9.17, 15) is 9.59 Å². The summed E-state index contributed by atoms with van der Waals surface area (Å²) in [6.07, 6.45) is 4.23. The van der Waals surface area contributed by atoms with Gasteiger partial charge in [0.1, 0.15) is 17.5 Å². The summed E-state index contributed by atoms with van der Waals surface area (Å²) in [6, 6.07) is 20.5. The van der Waals surface area contributed by atoms with Gasteiger partial charge in [-0.15, -0.1) is 11.3 Å². The van der Waals surface area contributed by atoms with Gasteiger partial charge in [-0.3, -0.25) is 4.79 Å². The second kappa shape index (κ2) is 11.3. The number of thiophene rings is 1. The summed E-state index contributed by atoms with van der Waals surface area (Å²) in [6.45, 7) is 7.69. The summed E-state index contributed by atoms with van der Waals surface area (Å²) < 4.78 is 17.0. The Kier molecular flexibility index (Phi) is 7.58. The molecule has 2 aromatic carbocycles. The molecule has 6 rings (SSSR count). The first kappa shape index (κ1) is 28.1. The SMILES string of the molecule is Cn1c(C(=O)c2cn(CCc3ccc(OC4CCN(C(=O)OC(C)(C)C)CC4)cc3)c3ccccc23)cc2sccc21. The first-order valence-electron chi connectivity index (χ1n) is 14.6. The van der Waals surface area contributed by atoms with Gasteiger partial charge in [-0.05, 0) is 68.5 Å². The molecule has 0 atom stereocenters. The Morgan fingerprint density at radius 2 is 1.71 bits per heavy atom. The normalized spacial score (nSPS) is 14.5. The van der Waals surface area contributed by atoms with Gasteiger partial charge in [-0.2, -0.15) is 0 Å². The Balaban J connectivity index is 1.08. The van der Waals surface area contributed by atoms with Crippen molar-refractivity contribution in [1.82, 2.24) is 14.0 Å². The lowest BCUT2D eigenvalue weighted by molar-refractivity contribution is 0.0126. The van der Waals surface area contributed by atoms with E-state index < -0.39 is 5.60 Å². The van der Waals surface area contributed by atoms with Crippen molar-refractivity contribution in [2.45, 2.75) is 58.3 Å². The molecule has 0 bridgehead atoms. The van der Waals surface area contributed by atoms with Crippen molar-refractivity contribution in [2.24, 2.45) is 7.05 Å². The van der Waals surface area contributed by atoms with Crippen LogP contribution in [0.3, 0.4) is 0 Å². The molecule has 1 aliphatic rings. The summed E-state index contributed by atoms with van der Waals surface area (Å²) in [5.41, 5.74) is 4.32. The summed E-state index contributed by atoms with van der Waals surface area (Å²) in [4.78, 5) is 27.8. The van der Waals surface area contributed by atoms with E-state index in [1.165, 1.54) is 5.56 Å². The fourth-order valence-corrected chi connectivity index (χ4v) is 6.53. The highest BCUT2D eigenvalue weighted by Gasteiger charge is 2.27. The molecule has 1 amide bonds. The lowest BCUT2D eigenvalue weighted by Gasteiger charge is -2.33. The highest BCUT2D eigenvalue weighted by molar-refractivity contribution is 7.17. The second-order valence-corrected chi connectivity index (χ2v) is 13.0. The predicted octanol–water partition coefficient (Wildman–Crippen LogP) is 7.45. The number of carbonyl (C=O) groups is 2. The Labute approximate surface area is 250 Å². The number of amides is 1. The maximum atomic E-state index is 13.7. The monoisotopic (exact) mass is 583 g/mol. The Morgan fingerprint density at radius 3 is 2.43 bits per heavy atom. The fourth-order valence-electron chi connectivity index (χ4n) is 5.68. The number of fused-ring (bicyclic) bond motifs is 2. The van der Waals surface area contributed by atoms with Crippen LogP contribution in [0, 0.1) is 0 Å². The first-order chi connectivity index (χ1) is 20.2. The standard InChI is InChI=1S/C34H37N3O4S/c1-34(2,3)41-33(39)36-18-14-25(15-19-36)40-24-11-9-23(10-12-24)13-17-37-22-27(26-7-5-6-8-28(26)37)32(38)30-21-31-29(35(30)4)16-20-42-31/h5-12,16,20-22,25H,13-15,17-19H2,1-4H3. The van der Waals surface area contributed by atoms with Gasteiger partial charge >= 0.3 is 6.09 Å². The van der Waals surface area contributed by atoms with E-state index in [2.05, 4.69) is 34.2 Å². The van der Waals surface area contributed by atoms with Gasteiger partial charge in [0.2, 0.25) is 5.78 Å². The zero-order chi connectivity index (χ0) is 29.4. The minimum absolute atomic E-state index is 0.0503. The lowest BCUT2D eigenvalue weighted by atomic mass is 10.1. The number of nitrogens with zero attached hydrogens (tertiary/aromatic N) is 3. The number of likely N-dealkylation sites (tertiary alicyclic amines) is 1. The van der Waals surface area contributed by atoms with Crippen LogP contribution in [0.2, 0.25) is 0 Å². The number of benzene rings is 2. The molecule has 42 heavy (non-hydrogen) atoms. The number of hydrogen-bond acceptors (Lipinski definition) is 5. The smallest absolute Gasteiger partial charge is 0.410 e. The van der Waals surface area contributed by atoms with E-state index in [-0.39, 0.29) is 18.0 Å². The molecule has 0 spiro atoms. The molecule has 8 heteroatoms. The zero-order valence-electron chi connectivity index (χ0n) is 24.6. The predicted molar refractivity (Wildman–Crippen MR) is 168 cm³/mol. The lowest BCUT2D eigenvalue weighted by Crippen LogP contribution is -2.44. The van der Waals surface area contributed by atoms with E-state index in [1.807, 2.05) is 75.0 Å². The van der Waals surface area contributed by atoms with Crippen molar-refractivity contribution in [3.8, 4) is 5.75 Å². The number of aromatic nitrogens is 2. The molecule has 4 heterocycles. The molecular formula is C34H37N3O4S. The second-order valence-electron chi connectivity index (χ2n) is 12.0. The minimum Gasteiger partial charge on any atom is -0.490 e. The molecule has 0 saturated carbocycles. The molecule has 0 N–H and O–H groups in total. The van der Waals surface area contributed by atoms with Crippen LogP contribution in [-0.2, 0) is 24.8 Å². The van der Waals surface area contributed by atoms with E-state index in [0.717, 1.165) is 58.2 Å². The number of aryl methyl sites for hydroxylation is 3. The Morgan fingerprint density at radius 1 is 0.976 bits per heavy atom. The van der Waals surface area contributed by atoms with E-state index in [0.29, 0.717) is 18.8 Å². The van der Waals surface area contributed by atoms with Crippen molar-refractivity contribution in [2.75, 3.05) is 13.1 Å². The Bertz CT molecular complexity index is 1730. The number of ketones is 1. The van der Waals surface area contributed by atoms with E-state index in [4.69, 9.17) is 9.47 Å². The molecule has 218 valence electrons. The number of para-hydroxylation sites is 1. The van der Waals surface area contributed by atoms with Gasteiger partial charge in [-0.1, -0.05) is 30.3 Å². The van der Waals surface area contributed by atoms with Crippen LogP contribution in [0.15, 0.2) is 72.2 Å². The third kappa shape index (κ3) is 5.81. The van der Waals surface area contributed by atoms with Crippen molar-refractivity contribution in [3.05, 3.63) is 89.1 Å². The van der Waals surface area contributed by atoms with E-state index in [1.54, 1.807) is 16.2 Å². The molecular weight excluding hydrogens is 546 g/mol. The third-order valence-electron chi connectivity index (χ3n) is 7.89. The number of ether oxygens (including phenoxy) is 2. The zero-order valence-corrected chi connectivity index (χ0v) is 25.4. The molecule has 1 aliphatic heterocycles. The van der Waals surface area contributed by atoms with Gasteiger partial charge in [0.25, 0.3) is 0 Å². The van der Waals surface area contributed by atoms with Crippen LogP contribution < -0.4 is 4.74 Å². The Hall–Kier alpha value is -4.04. The topological polar surface area (TPSA) is 65.7 Å². The maximum Gasteiger partial charge on any atom is 0.410 e. The molecule has 0 aliphatic carbocycles. The molecule has 3 aromatic heterocycles. The quantitative estimate of drug-likeness (QED) is 0.187. The molecule has 0 radical (unpaired) electrons. The van der Waals surface area contributed by atoms with Gasteiger partial charge < -0.3 is 23.5 Å². The number of rotatable bonds is 7. The van der Waals surface area contributed by atoms with Crippen molar-refractivity contribution < 1.29 is 19.1 Å². The van der Waals surface area contributed by atoms with Gasteiger partial charge in [0.05, 0.1) is 15.9 Å². The van der Waals surface area contributed by atoms with Crippen LogP contribution in [0.1, 0.15) is 55.2 Å². The first-order valence-corrected chi connectivity index (χ1v) is 15.4. The average molecular weight is 584 g/mol. The number of hydrogen-bond donors (Lipinski definition) is 0. The van der Waals surface area contributed by atoms with Gasteiger partial charge in [0, 0.05) is 62.2 Å². The molecule has 5 aromatic rings. The summed E-state index contributed by atoms with van der Waals surface area (Å²) in [5, 5.41) is 3.04. The molecule has 7 nitrogen and oxygen atoms in total.